The molecule has 0 heterocycles. The number of sulfonamides is 1. The van der Waals surface area contributed by atoms with Crippen LogP contribution in [0.2, 0.25) is 0 Å². The zero-order valence-corrected chi connectivity index (χ0v) is 8.23. The third-order valence-corrected chi connectivity index (χ3v) is 3.04. The molecular weight excluding hydrogens is 202 g/mol. The first-order valence-corrected chi connectivity index (χ1v) is 5.93. The highest BCUT2D eigenvalue weighted by molar-refractivity contribution is 7.88. The molecule has 1 fully saturated rings. The Bertz CT molecular complexity index is 283. The Balaban J connectivity index is 2.81. The third-order valence-electron chi connectivity index (χ3n) is 1.60. The molecule has 12 heavy (non-hydrogen) atoms. The lowest BCUT2D eigenvalue weighted by molar-refractivity contribution is -0.124. The number of carbonyl (C=O) groups excluding carboxylic acids is 1. The van der Waals surface area contributed by atoms with Crippen LogP contribution in [0.4, 0.5) is 0 Å². The molecule has 0 aromatic heterocycles. The minimum absolute atomic E-state index is 0.133. The highest BCUT2D eigenvalue weighted by Gasteiger charge is 2.37. The summed E-state index contributed by atoms with van der Waals surface area (Å²) in [6.07, 6.45) is 2.54. The first kappa shape index (κ1) is 9.80. The molecule has 4 nitrogen and oxygen atoms in total. The van der Waals surface area contributed by atoms with Crippen LogP contribution in [-0.2, 0) is 14.8 Å². The van der Waals surface area contributed by atoms with Crippen LogP contribution in [0.25, 0.3) is 0 Å². The van der Waals surface area contributed by atoms with E-state index >= 15 is 0 Å². The van der Waals surface area contributed by atoms with Gasteiger partial charge in [0.1, 0.15) is 5.88 Å². The van der Waals surface area contributed by atoms with Gasteiger partial charge in [-0.2, -0.15) is 0 Å². The summed E-state index contributed by atoms with van der Waals surface area (Å²) >= 11 is 5.27. The molecule has 70 valence electrons. The average molecular weight is 212 g/mol. The fourth-order valence-corrected chi connectivity index (χ4v) is 2.41. The largest absolute Gasteiger partial charge is 0.272 e. The molecule has 1 saturated carbocycles. The number of amides is 1. The minimum Gasteiger partial charge on any atom is -0.272 e. The molecule has 1 rings (SSSR count). The second kappa shape index (κ2) is 3.22. The summed E-state index contributed by atoms with van der Waals surface area (Å²) < 4.78 is 23.0. The predicted octanol–water partition coefficient (Wildman–Crippen LogP) is 0.176. The van der Waals surface area contributed by atoms with Crippen LogP contribution in [0, 0.1) is 0 Å². The van der Waals surface area contributed by atoms with E-state index in [1.807, 2.05) is 0 Å². The smallest absolute Gasteiger partial charge is 0.251 e. The van der Waals surface area contributed by atoms with Crippen molar-refractivity contribution >= 4 is 27.5 Å². The number of hydrogen-bond donors (Lipinski definition) is 0. The first-order chi connectivity index (χ1) is 5.46. The molecule has 0 N–H and O–H groups in total. The maximum atomic E-state index is 11.1. The summed E-state index contributed by atoms with van der Waals surface area (Å²) in [6, 6.07) is -0.133. The molecule has 0 aromatic carbocycles. The van der Waals surface area contributed by atoms with Crippen LogP contribution in [0.3, 0.4) is 0 Å². The highest BCUT2D eigenvalue weighted by Crippen LogP contribution is 2.28. The summed E-state index contributed by atoms with van der Waals surface area (Å²) in [5, 5.41) is 0. The zero-order chi connectivity index (χ0) is 9.35. The van der Waals surface area contributed by atoms with Gasteiger partial charge in [-0.05, 0) is 12.8 Å². The van der Waals surface area contributed by atoms with Gasteiger partial charge in [0.2, 0.25) is 10.0 Å². The minimum atomic E-state index is -3.41. The molecule has 1 amide bonds. The Morgan fingerprint density at radius 2 is 2.08 bits per heavy atom. The van der Waals surface area contributed by atoms with Gasteiger partial charge in [-0.1, -0.05) is 0 Å². The number of rotatable bonds is 3. The lowest BCUT2D eigenvalue weighted by Gasteiger charge is -2.17. The summed E-state index contributed by atoms with van der Waals surface area (Å²) in [6.45, 7) is 0. The number of nitrogens with zero attached hydrogens (tertiary/aromatic N) is 1. The monoisotopic (exact) mass is 211 g/mol. The molecule has 0 saturated heterocycles. The van der Waals surface area contributed by atoms with E-state index in [9.17, 15) is 13.2 Å². The van der Waals surface area contributed by atoms with Crippen LogP contribution < -0.4 is 0 Å². The van der Waals surface area contributed by atoms with Gasteiger partial charge in [-0.3, -0.25) is 4.79 Å². The van der Waals surface area contributed by atoms with E-state index < -0.39 is 15.9 Å². The molecule has 0 aromatic rings. The molecule has 6 heteroatoms. The zero-order valence-electron chi connectivity index (χ0n) is 6.66. The summed E-state index contributed by atoms with van der Waals surface area (Å²) in [5.74, 6) is -0.800. The lowest BCUT2D eigenvalue weighted by Crippen LogP contribution is -2.38. The number of halogens is 1. The van der Waals surface area contributed by atoms with E-state index in [-0.39, 0.29) is 11.9 Å². The molecule has 0 unspecified atom stereocenters. The number of carbonyl (C=O) groups is 1. The van der Waals surface area contributed by atoms with Crippen molar-refractivity contribution in [3.05, 3.63) is 0 Å². The van der Waals surface area contributed by atoms with E-state index in [2.05, 4.69) is 0 Å². The van der Waals surface area contributed by atoms with Crippen molar-refractivity contribution in [3.8, 4) is 0 Å². The lowest BCUT2D eigenvalue weighted by atomic mass is 10.6. The second-order valence-corrected chi connectivity index (χ2v) is 4.94. The molecule has 0 spiro atoms. The predicted molar refractivity (Wildman–Crippen MR) is 45.4 cm³/mol. The normalized spacial score (nSPS) is 17.5. The second-order valence-electron chi connectivity index (χ2n) is 2.82. The Labute approximate surface area is 76.5 Å². The summed E-state index contributed by atoms with van der Waals surface area (Å²) in [7, 11) is -3.41. The fraction of sp³-hybridized carbons (Fsp3) is 0.833. The van der Waals surface area contributed by atoms with Crippen molar-refractivity contribution in [2.45, 2.75) is 18.9 Å². The molecule has 0 atom stereocenters. The highest BCUT2D eigenvalue weighted by atomic mass is 35.5. The number of alkyl halides is 1. The Kier molecular flexibility index (Phi) is 2.63. The van der Waals surface area contributed by atoms with Crippen LogP contribution >= 0.6 is 11.6 Å². The van der Waals surface area contributed by atoms with Gasteiger partial charge in [0.15, 0.2) is 0 Å². The van der Waals surface area contributed by atoms with Crippen molar-refractivity contribution in [3.63, 3.8) is 0 Å². The van der Waals surface area contributed by atoms with Crippen LogP contribution in [0.5, 0.6) is 0 Å². The van der Waals surface area contributed by atoms with E-state index in [0.29, 0.717) is 0 Å². The molecule has 1 aliphatic carbocycles. The Morgan fingerprint density at radius 1 is 1.58 bits per heavy atom. The van der Waals surface area contributed by atoms with Gasteiger partial charge < -0.3 is 0 Å². The van der Waals surface area contributed by atoms with Gasteiger partial charge in [-0.25, -0.2) is 12.7 Å². The van der Waals surface area contributed by atoms with E-state index in [0.717, 1.165) is 23.4 Å². The standard InChI is InChI=1S/C6H10ClNO3S/c1-12(10,11)8(5-2-3-5)6(9)4-7/h5H,2-4H2,1H3. The molecular formula is C6H10ClNO3S. The molecule has 0 aliphatic heterocycles. The van der Waals surface area contributed by atoms with Crippen molar-refractivity contribution in [2.75, 3.05) is 12.1 Å². The maximum absolute atomic E-state index is 11.1. The average Bonchev–Trinajstić information content (AvgIpc) is 2.68. The maximum Gasteiger partial charge on any atom is 0.251 e. The van der Waals surface area contributed by atoms with Crippen molar-refractivity contribution < 1.29 is 13.2 Å². The topological polar surface area (TPSA) is 54.5 Å². The van der Waals surface area contributed by atoms with Gasteiger partial charge in [0.25, 0.3) is 5.91 Å². The van der Waals surface area contributed by atoms with Gasteiger partial charge in [-0.15, -0.1) is 11.6 Å². The van der Waals surface area contributed by atoms with Gasteiger partial charge >= 0.3 is 0 Å². The van der Waals surface area contributed by atoms with Gasteiger partial charge in [0.05, 0.1) is 6.26 Å². The molecule has 1 aliphatic rings. The summed E-state index contributed by atoms with van der Waals surface area (Å²) in [4.78, 5) is 11.1. The van der Waals surface area contributed by atoms with Crippen molar-refractivity contribution in [1.82, 2.24) is 4.31 Å². The van der Waals surface area contributed by atoms with Crippen LogP contribution in [0.1, 0.15) is 12.8 Å². The van der Waals surface area contributed by atoms with E-state index in [1.165, 1.54) is 0 Å². The van der Waals surface area contributed by atoms with Crippen molar-refractivity contribution in [2.24, 2.45) is 0 Å². The van der Waals surface area contributed by atoms with Gasteiger partial charge in [0, 0.05) is 6.04 Å². The van der Waals surface area contributed by atoms with E-state index in [1.54, 1.807) is 0 Å². The van der Waals surface area contributed by atoms with Crippen molar-refractivity contribution in [1.29, 1.82) is 0 Å². The first-order valence-electron chi connectivity index (χ1n) is 3.55. The third kappa shape index (κ3) is 2.10. The van der Waals surface area contributed by atoms with Crippen LogP contribution in [-0.4, -0.2) is 36.8 Å². The fourth-order valence-electron chi connectivity index (χ4n) is 1.03. The molecule has 0 radical (unpaired) electrons. The SMILES string of the molecule is CS(=O)(=O)N(C(=O)CCl)C1CC1. The Hall–Kier alpha value is -0.290. The number of hydrogen-bond acceptors (Lipinski definition) is 3. The quantitative estimate of drug-likeness (QED) is 0.626. The molecule has 0 bridgehead atoms. The van der Waals surface area contributed by atoms with Crippen LogP contribution in [0.15, 0.2) is 0 Å². The Morgan fingerprint density at radius 3 is 2.33 bits per heavy atom. The van der Waals surface area contributed by atoms with E-state index in [4.69, 9.17) is 11.6 Å². The summed E-state index contributed by atoms with van der Waals surface area (Å²) in [5.41, 5.74) is 0.